The van der Waals surface area contributed by atoms with Crippen LogP contribution in [-0.2, 0) is 6.54 Å². The lowest BCUT2D eigenvalue weighted by atomic mass is 10.2. The van der Waals surface area contributed by atoms with Crippen LogP contribution in [0.4, 0.5) is 11.8 Å². The van der Waals surface area contributed by atoms with E-state index in [9.17, 15) is 0 Å². The van der Waals surface area contributed by atoms with Crippen molar-refractivity contribution in [3.63, 3.8) is 0 Å². The Morgan fingerprint density at radius 1 is 1.16 bits per heavy atom. The maximum absolute atomic E-state index is 5.67. The summed E-state index contributed by atoms with van der Waals surface area (Å²) in [6, 6.07) is 10.0. The average molecular weight is 319 g/mol. The number of anilines is 2. The Bertz CT molecular complexity index is 709. The molecule has 0 fully saturated rings. The number of H-pyrrole nitrogens is 1. The molecule has 3 rings (SSSR count). The molecule has 19 heavy (non-hydrogen) atoms. The summed E-state index contributed by atoms with van der Waals surface area (Å²) < 4.78 is 0.602. The molecule has 0 aliphatic carbocycles. The molecule has 0 spiro atoms. The Morgan fingerprint density at radius 3 is 2.74 bits per heavy atom. The van der Waals surface area contributed by atoms with Gasteiger partial charge in [0, 0.05) is 6.54 Å². The summed E-state index contributed by atoms with van der Waals surface area (Å²) in [4.78, 5) is 15.5. The first-order valence-electron chi connectivity index (χ1n) is 5.69. The van der Waals surface area contributed by atoms with E-state index >= 15 is 0 Å². The quantitative estimate of drug-likeness (QED) is 0.644. The van der Waals surface area contributed by atoms with Crippen molar-refractivity contribution in [2.24, 2.45) is 0 Å². The van der Waals surface area contributed by atoms with Crippen molar-refractivity contribution in [3.05, 3.63) is 40.6 Å². The van der Waals surface area contributed by atoms with Gasteiger partial charge in [0.1, 0.15) is 5.52 Å². The Balaban J connectivity index is 1.92. The molecule has 0 saturated carbocycles. The van der Waals surface area contributed by atoms with E-state index in [-0.39, 0.29) is 5.95 Å². The summed E-state index contributed by atoms with van der Waals surface area (Å²) in [6.07, 6.45) is 0. The van der Waals surface area contributed by atoms with Gasteiger partial charge in [-0.2, -0.15) is 9.97 Å². The van der Waals surface area contributed by atoms with Gasteiger partial charge in [-0.05, 0) is 21.5 Å². The Kier molecular flexibility index (Phi) is 3.04. The number of hydrogen-bond acceptors (Lipinski definition) is 5. The molecule has 0 bridgehead atoms. The van der Waals surface area contributed by atoms with Crippen molar-refractivity contribution < 1.29 is 0 Å². The molecule has 0 radical (unpaired) electrons. The average Bonchev–Trinajstić information content (AvgIpc) is 2.77. The standard InChI is InChI=1S/C12H11BrN6/c13-11-16-8-9(18-12(14)19-10(8)17-11)15-6-7-4-2-1-3-5-7/h1-5H,6H2,(H4,14,15,16,17,18,19). The number of nitrogen functional groups attached to an aromatic ring is 1. The number of imidazole rings is 1. The maximum Gasteiger partial charge on any atom is 0.224 e. The number of nitrogens with zero attached hydrogens (tertiary/aromatic N) is 3. The predicted octanol–water partition coefficient (Wildman–Crippen LogP) is 2.31. The van der Waals surface area contributed by atoms with Gasteiger partial charge in [-0.15, -0.1) is 0 Å². The second-order valence-corrected chi connectivity index (χ2v) is 4.75. The fourth-order valence-corrected chi connectivity index (χ4v) is 2.16. The molecule has 0 aliphatic heterocycles. The first-order chi connectivity index (χ1) is 9.22. The van der Waals surface area contributed by atoms with E-state index in [1.807, 2.05) is 30.3 Å². The predicted molar refractivity (Wildman–Crippen MR) is 77.6 cm³/mol. The van der Waals surface area contributed by atoms with Crippen LogP contribution in [0, 0.1) is 0 Å². The lowest BCUT2D eigenvalue weighted by Crippen LogP contribution is -2.05. The highest BCUT2D eigenvalue weighted by Crippen LogP contribution is 2.21. The number of halogens is 1. The number of aromatic amines is 1. The molecule has 6 nitrogen and oxygen atoms in total. The zero-order chi connectivity index (χ0) is 13.2. The molecule has 2 aromatic heterocycles. The second kappa shape index (κ2) is 4.85. The van der Waals surface area contributed by atoms with E-state index in [4.69, 9.17) is 5.73 Å². The summed E-state index contributed by atoms with van der Waals surface area (Å²) >= 11 is 3.28. The van der Waals surface area contributed by atoms with Crippen LogP contribution in [0.15, 0.2) is 35.1 Å². The van der Waals surface area contributed by atoms with Crippen LogP contribution in [0.1, 0.15) is 5.56 Å². The van der Waals surface area contributed by atoms with Gasteiger partial charge in [-0.3, -0.25) is 0 Å². The second-order valence-electron chi connectivity index (χ2n) is 4.00. The molecule has 0 amide bonds. The monoisotopic (exact) mass is 318 g/mol. The molecule has 0 aliphatic rings. The number of nitrogens with two attached hydrogens (primary N) is 1. The lowest BCUT2D eigenvalue weighted by molar-refractivity contribution is 1.10. The first-order valence-corrected chi connectivity index (χ1v) is 6.48. The van der Waals surface area contributed by atoms with Crippen LogP contribution in [0.5, 0.6) is 0 Å². The molecule has 0 atom stereocenters. The van der Waals surface area contributed by atoms with Crippen LogP contribution in [0.3, 0.4) is 0 Å². The summed E-state index contributed by atoms with van der Waals surface area (Å²) in [5.41, 5.74) is 8.10. The minimum Gasteiger partial charge on any atom is -0.368 e. The molecule has 4 N–H and O–H groups in total. The third kappa shape index (κ3) is 2.50. The lowest BCUT2D eigenvalue weighted by Gasteiger charge is -2.06. The zero-order valence-corrected chi connectivity index (χ0v) is 11.5. The number of benzene rings is 1. The van der Waals surface area contributed by atoms with Crippen molar-refractivity contribution >= 4 is 38.9 Å². The van der Waals surface area contributed by atoms with E-state index < -0.39 is 0 Å². The summed E-state index contributed by atoms with van der Waals surface area (Å²) in [7, 11) is 0. The van der Waals surface area contributed by atoms with Crippen LogP contribution < -0.4 is 11.1 Å². The van der Waals surface area contributed by atoms with Gasteiger partial charge in [0.15, 0.2) is 16.2 Å². The van der Waals surface area contributed by atoms with E-state index in [0.717, 1.165) is 11.1 Å². The van der Waals surface area contributed by atoms with Crippen molar-refractivity contribution in [2.45, 2.75) is 6.54 Å². The number of aromatic nitrogens is 4. The van der Waals surface area contributed by atoms with Crippen LogP contribution in [-0.4, -0.2) is 19.9 Å². The van der Waals surface area contributed by atoms with Gasteiger partial charge in [0.05, 0.1) is 0 Å². The third-order valence-electron chi connectivity index (χ3n) is 2.64. The molecule has 96 valence electrons. The van der Waals surface area contributed by atoms with Crippen molar-refractivity contribution in [1.82, 2.24) is 19.9 Å². The molecular weight excluding hydrogens is 308 g/mol. The van der Waals surface area contributed by atoms with E-state index in [1.54, 1.807) is 0 Å². The minimum atomic E-state index is 0.196. The molecule has 3 aromatic rings. The molecule has 1 aromatic carbocycles. The smallest absolute Gasteiger partial charge is 0.224 e. The van der Waals surface area contributed by atoms with Crippen molar-refractivity contribution in [1.29, 1.82) is 0 Å². The highest BCUT2D eigenvalue weighted by Gasteiger charge is 2.10. The Labute approximate surface area is 117 Å². The van der Waals surface area contributed by atoms with Gasteiger partial charge in [0.2, 0.25) is 5.95 Å². The van der Waals surface area contributed by atoms with Gasteiger partial charge < -0.3 is 16.0 Å². The fraction of sp³-hybridized carbons (Fsp3) is 0.0833. The van der Waals surface area contributed by atoms with Crippen LogP contribution in [0.25, 0.3) is 11.2 Å². The van der Waals surface area contributed by atoms with Gasteiger partial charge in [0.25, 0.3) is 0 Å². The van der Waals surface area contributed by atoms with E-state index in [0.29, 0.717) is 22.7 Å². The topological polar surface area (TPSA) is 92.5 Å². The third-order valence-corrected chi connectivity index (χ3v) is 3.02. The highest BCUT2D eigenvalue weighted by atomic mass is 79.9. The van der Waals surface area contributed by atoms with E-state index in [1.165, 1.54) is 0 Å². The largest absolute Gasteiger partial charge is 0.368 e. The first kappa shape index (κ1) is 11.9. The van der Waals surface area contributed by atoms with Crippen LogP contribution in [0.2, 0.25) is 0 Å². The SMILES string of the molecule is Nc1nc(NCc2ccccc2)c2[nH]c(Br)nc2n1. The molecule has 7 heteroatoms. The fourth-order valence-electron chi connectivity index (χ4n) is 1.80. The van der Waals surface area contributed by atoms with Crippen molar-refractivity contribution in [3.8, 4) is 0 Å². The zero-order valence-electron chi connectivity index (χ0n) is 9.89. The molecule has 0 saturated heterocycles. The van der Waals surface area contributed by atoms with Gasteiger partial charge in [-0.1, -0.05) is 30.3 Å². The summed E-state index contributed by atoms with van der Waals surface area (Å²) in [5, 5.41) is 3.23. The molecular formula is C12H11BrN6. The van der Waals surface area contributed by atoms with Crippen molar-refractivity contribution in [2.75, 3.05) is 11.1 Å². The Morgan fingerprint density at radius 2 is 1.95 bits per heavy atom. The number of fused-ring (bicyclic) bond motifs is 1. The molecule has 2 heterocycles. The number of nitrogens with one attached hydrogen (secondary N) is 2. The normalized spacial score (nSPS) is 10.8. The minimum absolute atomic E-state index is 0.196. The summed E-state index contributed by atoms with van der Waals surface area (Å²) in [5.74, 6) is 0.839. The van der Waals surface area contributed by atoms with Gasteiger partial charge in [-0.25, -0.2) is 4.98 Å². The summed E-state index contributed by atoms with van der Waals surface area (Å²) in [6.45, 7) is 0.656. The van der Waals surface area contributed by atoms with Gasteiger partial charge >= 0.3 is 0 Å². The number of rotatable bonds is 3. The molecule has 0 unspecified atom stereocenters. The highest BCUT2D eigenvalue weighted by molar-refractivity contribution is 9.10. The Hall–Kier alpha value is -2.15. The maximum atomic E-state index is 5.67. The van der Waals surface area contributed by atoms with E-state index in [2.05, 4.69) is 41.2 Å². The van der Waals surface area contributed by atoms with Crippen LogP contribution >= 0.6 is 15.9 Å². The number of hydrogen-bond donors (Lipinski definition) is 3.